The monoisotopic (exact) mass is 335 g/mol. The van der Waals surface area contributed by atoms with E-state index in [0.717, 1.165) is 0 Å². The lowest BCUT2D eigenvalue weighted by Gasteiger charge is -2.13. The van der Waals surface area contributed by atoms with Crippen molar-refractivity contribution in [3.8, 4) is 0 Å². The largest absolute Gasteiger partial charge is 0.469 e. The lowest BCUT2D eigenvalue weighted by Crippen LogP contribution is -2.44. The van der Waals surface area contributed by atoms with Crippen LogP contribution in [0.1, 0.15) is 11.8 Å². The predicted octanol–water partition coefficient (Wildman–Crippen LogP) is -0.391. The topological polar surface area (TPSA) is 126 Å². The summed E-state index contributed by atoms with van der Waals surface area (Å²) >= 11 is 0. The highest BCUT2D eigenvalue weighted by Gasteiger charge is 2.50. The number of nitrogens with two attached hydrogens (primary N) is 1. The summed E-state index contributed by atoms with van der Waals surface area (Å²) in [7, 11) is -4.73. The zero-order valence-electron chi connectivity index (χ0n) is 11.4. The maximum Gasteiger partial charge on any atom is 0.469 e. The van der Waals surface area contributed by atoms with E-state index in [0.29, 0.717) is 5.56 Å². The van der Waals surface area contributed by atoms with E-state index >= 15 is 0 Å². The van der Waals surface area contributed by atoms with Crippen LogP contribution in [0.15, 0.2) is 31.1 Å². The molecule has 122 valence electrons. The van der Waals surface area contributed by atoms with Gasteiger partial charge in [-0.15, -0.1) is 0 Å². The van der Waals surface area contributed by atoms with E-state index in [4.69, 9.17) is 20.3 Å². The van der Waals surface area contributed by atoms with Gasteiger partial charge in [-0.2, -0.15) is 4.57 Å². The molecule has 2 unspecified atom stereocenters. The molecular formula is C12H17FN2O6P+. The van der Waals surface area contributed by atoms with Crippen LogP contribution in [0, 0.1) is 0 Å². The first-order chi connectivity index (χ1) is 10.2. The Kier molecular flexibility index (Phi) is 4.96. The standard InChI is InChI=1S/C12H16FN2O6P/c1-7(14)8-3-2-4-15(5-8)12-10(13)11(16)9(21-12)6-20-22(17,18)19/h2-5,9-12,16H,1,6,14H2,(H-,17,18,19)/p+1/t9?,10-,11+,12?/m0/s1. The fraction of sp³-hybridized carbons (Fsp3) is 0.417. The minimum atomic E-state index is -4.73. The van der Waals surface area contributed by atoms with Gasteiger partial charge >= 0.3 is 7.82 Å². The van der Waals surface area contributed by atoms with Crippen molar-refractivity contribution in [1.82, 2.24) is 0 Å². The Morgan fingerprint density at radius 1 is 1.59 bits per heavy atom. The third kappa shape index (κ3) is 3.89. The molecule has 1 fully saturated rings. The molecule has 10 heteroatoms. The van der Waals surface area contributed by atoms with Crippen molar-refractivity contribution in [3.63, 3.8) is 0 Å². The summed E-state index contributed by atoms with van der Waals surface area (Å²) in [6.07, 6.45) is -2.73. The van der Waals surface area contributed by atoms with E-state index in [1.807, 2.05) is 0 Å². The van der Waals surface area contributed by atoms with E-state index in [1.165, 1.54) is 17.0 Å². The van der Waals surface area contributed by atoms with E-state index in [9.17, 15) is 14.1 Å². The summed E-state index contributed by atoms with van der Waals surface area (Å²) in [5.41, 5.74) is 6.41. The van der Waals surface area contributed by atoms with E-state index in [2.05, 4.69) is 11.1 Å². The Morgan fingerprint density at radius 3 is 2.86 bits per heavy atom. The average molecular weight is 335 g/mol. The molecule has 1 aromatic rings. The summed E-state index contributed by atoms with van der Waals surface area (Å²) in [6.45, 7) is 2.94. The van der Waals surface area contributed by atoms with Gasteiger partial charge in [-0.1, -0.05) is 6.58 Å². The zero-order chi connectivity index (χ0) is 16.5. The van der Waals surface area contributed by atoms with Crippen molar-refractivity contribution in [2.75, 3.05) is 6.61 Å². The van der Waals surface area contributed by atoms with Crippen LogP contribution in [0.3, 0.4) is 0 Å². The molecule has 0 spiro atoms. The molecule has 0 aromatic carbocycles. The molecule has 2 rings (SSSR count). The van der Waals surface area contributed by atoms with E-state index in [-0.39, 0.29) is 5.70 Å². The number of aromatic nitrogens is 1. The molecule has 1 aromatic heterocycles. The molecule has 2 heterocycles. The van der Waals surface area contributed by atoms with Crippen LogP contribution in [-0.4, -0.2) is 39.9 Å². The highest BCUT2D eigenvalue weighted by atomic mass is 31.2. The quantitative estimate of drug-likeness (QED) is 0.426. The molecule has 5 N–H and O–H groups in total. The van der Waals surface area contributed by atoms with Gasteiger partial charge in [0.2, 0.25) is 6.17 Å². The maximum atomic E-state index is 14.2. The van der Waals surface area contributed by atoms with Crippen LogP contribution < -0.4 is 10.3 Å². The molecule has 0 aliphatic carbocycles. The van der Waals surface area contributed by atoms with Gasteiger partial charge in [-0.05, 0) is 6.07 Å². The van der Waals surface area contributed by atoms with E-state index < -0.39 is 39.0 Å². The fourth-order valence-electron chi connectivity index (χ4n) is 2.09. The van der Waals surface area contributed by atoms with Crippen LogP contribution >= 0.6 is 7.82 Å². The van der Waals surface area contributed by atoms with Crippen LogP contribution in [-0.2, 0) is 13.8 Å². The second kappa shape index (κ2) is 6.41. The third-order valence-corrected chi connectivity index (χ3v) is 3.67. The molecule has 0 bridgehead atoms. The number of phosphoric ester groups is 1. The Labute approximate surface area is 125 Å². The Balaban J connectivity index is 2.14. The fourth-order valence-corrected chi connectivity index (χ4v) is 2.43. The zero-order valence-corrected chi connectivity index (χ0v) is 12.3. The van der Waals surface area contributed by atoms with Gasteiger partial charge in [-0.25, -0.2) is 8.96 Å². The van der Waals surface area contributed by atoms with Crippen LogP contribution in [0.5, 0.6) is 0 Å². The highest BCUT2D eigenvalue weighted by molar-refractivity contribution is 7.46. The molecule has 0 amide bonds. The summed E-state index contributed by atoms with van der Waals surface area (Å²) in [6, 6.07) is 3.28. The molecule has 1 aliphatic rings. The SMILES string of the molecule is C=C(N)c1ccc[n+](C2OC(COP(=O)(O)O)[C@@H](O)[C@@H]2F)c1. The average Bonchev–Trinajstić information content (AvgIpc) is 2.72. The van der Waals surface area contributed by atoms with Gasteiger partial charge in [0.05, 0.1) is 12.2 Å². The van der Waals surface area contributed by atoms with Crippen molar-refractivity contribution < 1.29 is 37.7 Å². The molecule has 0 radical (unpaired) electrons. The van der Waals surface area contributed by atoms with Crippen LogP contribution in [0.4, 0.5) is 4.39 Å². The van der Waals surface area contributed by atoms with Crippen molar-refractivity contribution in [2.24, 2.45) is 5.73 Å². The lowest BCUT2D eigenvalue weighted by atomic mass is 10.1. The van der Waals surface area contributed by atoms with Crippen LogP contribution in [0.25, 0.3) is 5.70 Å². The smallest absolute Gasteiger partial charge is 0.399 e. The van der Waals surface area contributed by atoms with E-state index in [1.54, 1.807) is 12.1 Å². The number of halogens is 1. The number of aliphatic hydroxyl groups excluding tert-OH is 1. The minimum Gasteiger partial charge on any atom is -0.399 e. The van der Waals surface area contributed by atoms with Crippen molar-refractivity contribution in [2.45, 2.75) is 24.6 Å². The second-order valence-electron chi connectivity index (χ2n) is 4.85. The van der Waals surface area contributed by atoms with Gasteiger partial charge in [0, 0.05) is 11.8 Å². The molecule has 8 nitrogen and oxygen atoms in total. The first-order valence-electron chi connectivity index (χ1n) is 6.32. The summed E-state index contributed by atoms with van der Waals surface area (Å²) in [4.78, 5) is 17.3. The number of rotatable bonds is 5. The lowest BCUT2D eigenvalue weighted by molar-refractivity contribution is -0.764. The molecule has 1 saturated heterocycles. The van der Waals surface area contributed by atoms with Gasteiger partial charge < -0.3 is 25.4 Å². The van der Waals surface area contributed by atoms with Crippen molar-refractivity contribution in [1.29, 1.82) is 0 Å². The van der Waals surface area contributed by atoms with Gasteiger partial charge in [0.25, 0.3) is 6.23 Å². The third-order valence-electron chi connectivity index (χ3n) is 3.19. The number of hydrogen-bond acceptors (Lipinski definition) is 5. The van der Waals surface area contributed by atoms with Gasteiger partial charge in [0.15, 0.2) is 12.4 Å². The number of phosphoric acid groups is 1. The maximum absolute atomic E-state index is 14.2. The summed E-state index contributed by atoms with van der Waals surface area (Å²) in [5.74, 6) is 0. The molecule has 0 saturated carbocycles. The molecule has 1 aliphatic heterocycles. The summed E-state index contributed by atoms with van der Waals surface area (Å²) < 4.78 is 35.7. The first kappa shape index (κ1) is 17.0. The Hall–Kier alpha value is -1.35. The Morgan fingerprint density at radius 2 is 2.27 bits per heavy atom. The molecule has 4 atom stereocenters. The van der Waals surface area contributed by atoms with Gasteiger partial charge in [0.1, 0.15) is 12.2 Å². The van der Waals surface area contributed by atoms with Gasteiger partial charge in [-0.3, -0.25) is 4.52 Å². The first-order valence-corrected chi connectivity index (χ1v) is 7.85. The highest BCUT2D eigenvalue weighted by Crippen LogP contribution is 2.38. The number of alkyl halides is 1. The second-order valence-corrected chi connectivity index (χ2v) is 6.09. The van der Waals surface area contributed by atoms with Crippen LogP contribution in [0.2, 0.25) is 0 Å². The minimum absolute atomic E-state index is 0.282. The summed E-state index contributed by atoms with van der Waals surface area (Å²) in [5, 5.41) is 9.78. The number of nitrogens with zero attached hydrogens (tertiary/aromatic N) is 1. The number of pyridine rings is 1. The van der Waals surface area contributed by atoms with Crippen molar-refractivity contribution in [3.05, 3.63) is 36.7 Å². The molecular weight excluding hydrogens is 318 g/mol. The number of aliphatic hydroxyl groups is 1. The molecule has 22 heavy (non-hydrogen) atoms. The predicted molar refractivity (Wildman–Crippen MR) is 72.7 cm³/mol. The normalized spacial score (nSPS) is 28.7. The number of ether oxygens (including phenoxy) is 1. The number of hydrogen-bond donors (Lipinski definition) is 4. The van der Waals surface area contributed by atoms with Crippen molar-refractivity contribution >= 4 is 13.5 Å². The Bertz CT molecular complexity index is 609.